The standard InChI is InChI=1S/C12H24N2O/c1-9(2)8-11(13)12(15)14-10-6-4-3-5-7-10/h9-11H,3-8,13H2,1-2H3,(H,14,15)/t11-/m0/s1. The highest BCUT2D eigenvalue weighted by Gasteiger charge is 2.20. The minimum atomic E-state index is -0.327. The molecule has 1 saturated carbocycles. The van der Waals surface area contributed by atoms with Crippen LogP contribution in [-0.2, 0) is 4.79 Å². The van der Waals surface area contributed by atoms with Crippen LogP contribution in [0.5, 0.6) is 0 Å². The number of carbonyl (C=O) groups excluding carboxylic acids is 1. The van der Waals surface area contributed by atoms with Gasteiger partial charge in [-0.3, -0.25) is 4.79 Å². The Morgan fingerprint density at radius 2 is 1.93 bits per heavy atom. The van der Waals surface area contributed by atoms with Gasteiger partial charge in [0.25, 0.3) is 0 Å². The lowest BCUT2D eigenvalue weighted by Gasteiger charge is -2.24. The number of amides is 1. The van der Waals surface area contributed by atoms with Crippen molar-refractivity contribution >= 4 is 5.91 Å². The summed E-state index contributed by atoms with van der Waals surface area (Å²) < 4.78 is 0. The number of nitrogens with two attached hydrogens (primary N) is 1. The number of hydrogen-bond donors (Lipinski definition) is 2. The summed E-state index contributed by atoms with van der Waals surface area (Å²) in [5.74, 6) is 0.521. The molecule has 3 nitrogen and oxygen atoms in total. The maximum atomic E-state index is 11.7. The van der Waals surface area contributed by atoms with E-state index in [0.29, 0.717) is 12.0 Å². The first kappa shape index (κ1) is 12.5. The predicted octanol–water partition coefficient (Wildman–Crippen LogP) is 1.81. The van der Waals surface area contributed by atoms with Crippen LogP contribution in [0.1, 0.15) is 52.4 Å². The van der Waals surface area contributed by atoms with Gasteiger partial charge < -0.3 is 11.1 Å². The number of rotatable bonds is 4. The van der Waals surface area contributed by atoms with Crippen LogP contribution < -0.4 is 11.1 Å². The fourth-order valence-electron chi connectivity index (χ4n) is 2.17. The molecule has 3 heteroatoms. The van der Waals surface area contributed by atoms with Crippen LogP contribution in [0, 0.1) is 5.92 Å². The van der Waals surface area contributed by atoms with Gasteiger partial charge in [-0.05, 0) is 25.2 Å². The van der Waals surface area contributed by atoms with Crippen LogP contribution in [0.3, 0.4) is 0 Å². The van der Waals surface area contributed by atoms with E-state index in [2.05, 4.69) is 19.2 Å². The van der Waals surface area contributed by atoms with Crippen LogP contribution in [0.25, 0.3) is 0 Å². The smallest absolute Gasteiger partial charge is 0.237 e. The molecule has 3 N–H and O–H groups in total. The molecule has 1 fully saturated rings. The summed E-state index contributed by atoms with van der Waals surface area (Å²) in [4.78, 5) is 11.7. The van der Waals surface area contributed by atoms with E-state index >= 15 is 0 Å². The molecule has 0 aromatic rings. The van der Waals surface area contributed by atoms with Crippen molar-refractivity contribution in [2.45, 2.75) is 64.5 Å². The third-order valence-electron chi connectivity index (χ3n) is 3.01. The predicted molar refractivity (Wildman–Crippen MR) is 62.4 cm³/mol. The maximum absolute atomic E-state index is 11.7. The Morgan fingerprint density at radius 3 is 2.47 bits per heavy atom. The molecule has 0 aromatic carbocycles. The van der Waals surface area contributed by atoms with Crippen molar-refractivity contribution in [2.75, 3.05) is 0 Å². The molecule has 1 atom stereocenters. The Balaban J connectivity index is 2.27. The third kappa shape index (κ3) is 4.65. The van der Waals surface area contributed by atoms with Crippen molar-refractivity contribution in [1.82, 2.24) is 5.32 Å². The molecule has 0 saturated heterocycles. The van der Waals surface area contributed by atoms with E-state index in [4.69, 9.17) is 5.73 Å². The summed E-state index contributed by atoms with van der Waals surface area (Å²) in [6.07, 6.45) is 6.82. The Hall–Kier alpha value is -0.570. The fraction of sp³-hybridized carbons (Fsp3) is 0.917. The second kappa shape index (κ2) is 6.11. The second-order valence-electron chi connectivity index (χ2n) is 5.08. The molecule has 0 aliphatic heterocycles. The monoisotopic (exact) mass is 212 g/mol. The van der Waals surface area contributed by atoms with Gasteiger partial charge in [0.2, 0.25) is 5.91 Å². The number of hydrogen-bond acceptors (Lipinski definition) is 2. The van der Waals surface area contributed by atoms with Crippen LogP contribution in [0.4, 0.5) is 0 Å². The van der Waals surface area contributed by atoms with E-state index in [-0.39, 0.29) is 11.9 Å². The van der Waals surface area contributed by atoms with Gasteiger partial charge in [-0.2, -0.15) is 0 Å². The van der Waals surface area contributed by atoms with Gasteiger partial charge in [0.1, 0.15) is 0 Å². The topological polar surface area (TPSA) is 55.1 Å². The van der Waals surface area contributed by atoms with Crippen molar-refractivity contribution in [3.05, 3.63) is 0 Å². The highest BCUT2D eigenvalue weighted by molar-refractivity contribution is 5.81. The lowest BCUT2D eigenvalue weighted by molar-refractivity contribution is -0.123. The zero-order chi connectivity index (χ0) is 11.3. The molecule has 0 heterocycles. The normalized spacial score (nSPS) is 20.3. The van der Waals surface area contributed by atoms with E-state index in [1.807, 2.05) is 0 Å². The molecular weight excluding hydrogens is 188 g/mol. The molecule has 88 valence electrons. The zero-order valence-corrected chi connectivity index (χ0v) is 9.96. The van der Waals surface area contributed by atoms with Crippen molar-refractivity contribution in [3.63, 3.8) is 0 Å². The van der Waals surface area contributed by atoms with Gasteiger partial charge in [-0.1, -0.05) is 33.1 Å². The van der Waals surface area contributed by atoms with Crippen molar-refractivity contribution in [1.29, 1.82) is 0 Å². The molecule has 1 aliphatic rings. The highest BCUT2D eigenvalue weighted by Crippen LogP contribution is 2.17. The first-order chi connectivity index (χ1) is 7.09. The molecule has 0 bridgehead atoms. The summed E-state index contributed by atoms with van der Waals surface area (Å²) in [7, 11) is 0. The van der Waals surface area contributed by atoms with Crippen molar-refractivity contribution in [3.8, 4) is 0 Å². The van der Waals surface area contributed by atoms with Gasteiger partial charge in [0.05, 0.1) is 6.04 Å². The van der Waals surface area contributed by atoms with Crippen molar-refractivity contribution < 1.29 is 4.79 Å². The Morgan fingerprint density at radius 1 is 1.33 bits per heavy atom. The van der Waals surface area contributed by atoms with E-state index in [9.17, 15) is 4.79 Å². The molecule has 1 rings (SSSR count). The molecule has 0 spiro atoms. The quantitative estimate of drug-likeness (QED) is 0.746. The summed E-state index contributed by atoms with van der Waals surface area (Å²) in [6.45, 7) is 4.18. The lowest BCUT2D eigenvalue weighted by atomic mass is 9.95. The molecule has 15 heavy (non-hydrogen) atoms. The average molecular weight is 212 g/mol. The molecule has 0 unspecified atom stereocenters. The third-order valence-corrected chi connectivity index (χ3v) is 3.01. The summed E-state index contributed by atoms with van der Waals surface area (Å²) >= 11 is 0. The summed E-state index contributed by atoms with van der Waals surface area (Å²) in [6, 6.07) is 0.0522. The van der Waals surface area contributed by atoms with Gasteiger partial charge in [0, 0.05) is 6.04 Å². The Labute approximate surface area is 92.8 Å². The minimum Gasteiger partial charge on any atom is -0.352 e. The average Bonchev–Trinajstić information content (AvgIpc) is 2.18. The second-order valence-corrected chi connectivity index (χ2v) is 5.08. The lowest BCUT2D eigenvalue weighted by Crippen LogP contribution is -2.46. The first-order valence-electron chi connectivity index (χ1n) is 6.15. The van der Waals surface area contributed by atoms with Gasteiger partial charge in [-0.25, -0.2) is 0 Å². The SMILES string of the molecule is CC(C)C[C@H](N)C(=O)NC1CCCCC1. The van der Waals surface area contributed by atoms with Crippen LogP contribution in [0.2, 0.25) is 0 Å². The van der Waals surface area contributed by atoms with Crippen LogP contribution >= 0.6 is 0 Å². The molecule has 1 aliphatic carbocycles. The maximum Gasteiger partial charge on any atom is 0.237 e. The number of carbonyl (C=O) groups is 1. The van der Waals surface area contributed by atoms with E-state index in [1.54, 1.807) is 0 Å². The van der Waals surface area contributed by atoms with E-state index in [0.717, 1.165) is 19.3 Å². The Bertz CT molecular complexity index is 198. The molecule has 1 amide bonds. The number of nitrogens with one attached hydrogen (secondary N) is 1. The fourth-order valence-corrected chi connectivity index (χ4v) is 2.17. The zero-order valence-electron chi connectivity index (χ0n) is 9.96. The minimum absolute atomic E-state index is 0.0376. The van der Waals surface area contributed by atoms with E-state index < -0.39 is 0 Å². The Kier molecular flexibility index (Phi) is 5.09. The van der Waals surface area contributed by atoms with Gasteiger partial charge >= 0.3 is 0 Å². The largest absolute Gasteiger partial charge is 0.352 e. The van der Waals surface area contributed by atoms with Crippen LogP contribution in [-0.4, -0.2) is 18.0 Å². The highest BCUT2D eigenvalue weighted by atomic mass is 16.2. The van der Waals surface area contributed by atoms with E-state index in [1.165, 1.54) is 19.3 Å². The molecular formula is C12H24N2O. The summed E-state index contributed by atoms with van der Waals surface area (Å²) in [5.41, 5.74) is 5.82. The van der Waals surface area contributed by atoms with Gasteiger partial charge in [-0.15, -0.1) is 0 Å². The molecule has 0 aromatic heterocycles. The molecule has 0 radical (unpaired) electrons. The van der Waals surface area contributed by atoms with Crippen LogP contribution in [0.15, 0.2) is 0 Å². The summed E-state index contributed by atoms with van der Waals surface area (Å²) in [5, 5.41) is 3.06. The first-order valence-corrected chi connectivity index (χ1v) is 6.15. The van der Waals surface area contributed by atoms with Crippen molar-refractivity contribution in [2.24, 2.45) is 11.7 Å². The van der Waals surface area contributed by atoms with Gasteiger partial charge in [0.15, 0.2) is 0 Å².